The van der Waals surface area contributed by atoms with Crippen molar-refractivity contribution >= 4 is 51.9 Å². The Hall–Kier alpha value is -10.7. The van der Waals surface area contributed by atoms with Crippen molar-refractivity contribution in [3.8, 4) is 64.6 Å². The second-order valence-electron chi connectivity index (χ2n) is 22.4. The number of terminal acetylenes is 2. The van der Waals surface area contributed by atoms with Crippen LogP contribution < -0.4 is 24.0 Å². The van der Waals surface area contributed by atoms with Gasteiger partial charge < -0.3 is 18.9 Å². The molecule has 0 N–H and O–H groups in total. The molecule has 10 nitrogen and oxygen atoms in total. The highest BCUT2D eigenvalue weighted by atomic mass is 16.5. The van der Waals surface area contributed by atoms with Crippen LogP contribution in [0.25, 0.3) is 28.0 Å². The van der Waals surface area contributed by atoms with E-state index in [2.05, 4.69) is 125 Å². The number of nitrogens with zero attached hydrogens (tertiary/aromatic N) is 2. The van der Waals surface area contributed by atoms with Crippen molar-refractivity contribution in [1.82, 2.24) is 0 Å². The van der Waals surface area contributed by atoms with Crippen LogP contribution in [-0.2, 0) is 10.2 Å². The van der Waals surface area contributed by atoms with Crippen LogP contribution in [0.4, 0.5) is 11.4 Å². The highest BCUT2D eigenvalue weighted by molar-refractivity contribution is 6.36. The van der Waals surface area contributed by atoms with Gasteiger partial charge in [0.15, 0.2) is 0 Å². The van der Waals surface area contributed by atoms with Gasteiger partial charge in [0.25, 0.3) is 23.6 Å². The lowest BCUT2D eigenvalue weighted by Gasteiger charge is -2.34. The van der Waals surface area contributed by atoms with Crippen LogP contribution >= 0.6 is 0 Å². The minimum atomic E-state index is -0.772. The van der Waals surface area contributed by atoms with Crippen molar-refractivity contribution in [1.29, 1.82) is 0 Å². The Morgan fingerprint density at radius 3 is 1.65 bits per heavy atom. The van der Waals surface area contributed by atoms with E-state index in [-0.39, 0.29) is 46.8 Å². The van der Waals surface area contributed by atoms with Crippen LogP contribution in [-0.4, -0.2) is 36.8 Å². The summed E-state index contributed by atoms with van der Waals surface area (Å²) in [6, 6.07) is 59.4. The zero-order chi connectivity index (χ0) is 59.9. The lowest BCUT2D eigenvalue weighted by molar-refractivity contribution is 0.0910. The van der Waals surface area contributed by atoms with Gasteiger partial charge in [0.2, 0.25) is 0 Å². The summed E-state index contributed by atoms with van der Waals surface area (Å²) in [5.74, 6) is 6.04. The number of allylic oxidation sites excluding steroid dienone is 1. The summed E-state index contributed by atoms with van der Waals surface area (Å²) >= 11 is 0. The molecule has 3 aliphatic rings. The second kappa shape index (κ2) is 22.8. The number of fused-ring (bicyclic) bond motifs is 6. The van der Waals surface area contributed by atoms with Crippen LogP contribution in [0.1, 0.15) is 128 Å². The maximum Gasteiger partial charge on any atom is 0.266 e. The fourth-order valence-corrected chi connectivity index (χ4v) is 12.5. The summed E-state index contributed by atoms with van der Waals surface area (Å²) in [4.78, 5) is 59.6. The normalized spacial score (nSPS) is 14.1. The molecule has 2 aliphatic heterocycles. The topological polar surface area (TPSA) is 112 Å². The van der Waals surface area contributed by atoms with E-state index in [1.165, 1.54) is 9.80 Å². The molecule has 0 bridgehead atoms. The number of carbonyl (C=O) groups excluding carboxylic acids is 4. The zero-order valence-electron chi connectivity index (χ0n) is 48.2. The molecule has 10 heteroatoms. The largest absolute Gasteiger partial charge is 0.482 e. The number of benzene rings is 9. The molecule has 0 radical (unpaired) electrons. The molecule has 1 unspecified atom stereocenters. The number of imide groups is 2. The molecular formula is C76H60N2O8. The highest BCUT2D eigenvalue weighted by Gasteiger charge is 2.46. The molecule has 12 rings (SSSR count). The first-order chi connectivity index (χ1) is 41.7. The molecule has 0 saturated carbocycles. The Bertz CT molecular complexity index is 4320. The van der Waals surface area contributed by atoms with Crippen LogP contribution in [0, 0.1) is 30.1 Å². The number of ether oxygens (including phenoxy) is 4. The van der Waals surface area contributed by atoms with Crippen LogP contribution in [0.2, 0.25) is 0 Å². The monoisotopic (exact) mass is 1130 g/mol. The summed E-state index contributed by atoms with van der Waals surface area (Å²) < 4.78 is 24.2. The van der Waals surface area contributed by atoms with E-state index in [0.29, 0.717) is 51.3 Å². The van der Waals surface area contributed by atoms with Crippen LogP contribution in [0.15, 0.2) is 206 Å². The molecule has 2 heterocycles. The minimum Gasteiger partial charge on any atom is -0.482 e. The van der Waals surface area contributed by atoms with Crippen LogP contribution in [0.3, 0.4) is 0 Å². The van der Waals surface area contributed by atoms with E-state index in [9.17, 15) is 19.2 Å². The SMILES string of the molecule is C#CCOC(=C)/C=C\c1c(C(C)C(C)(C)CCCC)cccc1N1C(=O)c2ccc(Oc3ccc(C4(c5ccc(Oc6ccc7c(c6)C(=O)N(c6cccc8cc(OCC#C)ccc68)C7=O)cc5)c5ccccc5-c5ccccc54)cc3)cc2C1=O. The lowest BCUT2D eigenvalue weighted by Crippen LogP contribution is -2.30. The average molecular weight is 1130 g/mol. The summed E-state index contributed by atoms with van der Waals surface area (Å²) in [5, 5.41) is 1.50. The molecule has 0 saturated heterocycles. The third-order valence-corrected chi connectivity index (χ3v) is 17.1. The number of rotatable bonds is 19. The van der Waals surface area contributed by atoms with Crippen molar-refractivity contribution in [3.63, 3.8) is 0 Å². The fraction of sp³-hybridized carbons (Fsp3) is 0.158. The third kappa shape index (κ3) is 9.75. The van der Waals surface area contributed by atoms with Gasteiger partial charge in [-0.3, -0.25) is 19.2 Å². The first kappa shape index (κ1) is 55.8. The van der Waals surface area contributed by atoms with Gasteiger partial charge in [-0.25, -0.2) is 9.80 Å². The number of hydrogen-bond acceptors (Lipinski definition) is 8. The van der Waals surface area contributed by atoms with Gasteiger partial charge in [0, 0.05) is 10.9 Å². The van der Waals surface area contributed by atoms with Gasteiger partial charge >= 0.3 is 0 Å². The van der Waals surface area contributed by atoms with Crippen molar-refractivity contribution in [2.45, 2.75) is 58.3 Å². The quantitative estimate of drug-likeness (QED) is 0.0341. The van der Waals surface area contributed by atoms with Crippen molar-refractivity contribution in [2.24, 2.45) is 5.41 Å². The van der Waals surface area contributed by atoms with Crippen LogP contribution in [0.5, 0.6) is 28.7 Å². The summed E-state index contributed by atoms with van der Waals surface area (Å²) in [5.41, 5.74) is 9.22. The predicted molar refractivity (Wildman–Crippen MR) is 338 cm³/mol. The number of carbonyl (C=O) groups is 4. The van der Waals surface area contributed by atoms with Gasteiger partial charge in [0.1, 0.15) is 47.7 Å². The van der Waals surface area contributed by atoms with E-state index in [1.54, 1.807) is 66.7 Å². The Morgan fingerprint density at radius 1 is 0.570 bits per heavy atom. The molecule has 0 fully saturated rings. The molecule has 0 spiro atoms. The van der Waals surface area contributed by atoms with Gasteiger partial charge in [-0.15, -0.1) is 12.8 Å². The Balaban J connectivity index is 0.819. The standard InChI is InChI=1S/C76H60N2O8/c1-8-11-42-75(6,7)49(5)58-21-17-25-70(62(58)38-26-48(4)83-43-9-2)78-72(80)64-41-37-57(47-66(64)74(78)82)86-54-33-29-52(30-34-54)76(67-22-14-12-19-60(67)61-20-13-15-23-68(61)76)51-27-31-53(32-28-51)85-56-36-40-63-65(46-56)73(81)77(71(63)79)69-24-16-18-50-45-55(84-44-10-3)35-39-59(50)69/h2-3,12-41,45-47,49H,4,8,11,42-44H2,1,5-7H3/b38-26-. The van der Waals surface area contributed by atoms with Crippen molar-refractivity contribution in [3.05, 3.63) is 262 Å². The van der Waals surface area contributed by atoms with E-state index in [0.717, 1.165) is 69.2 Å². The number of anilines is 2. The van der Waals surface area contributed by atoms with E-state index < -0.39 is 29.0 Å². The Labute approximate surface area is 500 Å². The molecule has 9 aromatic carbocycles. The Kier molecular flexibility index (Phi) is 14.8. The minimum absolute atomic E-state index is 0.0570. The number of unbranched alkanes of at least 4 members (excludes halogenated alkanes) is 1. The molecule has 422 valence electrons. The number of hydrogen-bond donors (Lipinski definition) is 0. The van der Waals surface area contributed by atoms with Gasteiger partial charge in [0.05, 0.1) is 39.0 Å². The molecule has 4 amide bonds. The van der Waals surface area contributed by atoms with Gasteiger partial charge in [-0.05, 0) is 165 Å². The summed E-state index contributed by atoms with van der Waals surface area (Å²) in [6.45, 7) is 13.1. The van der Waals surface area contributed by atoms with Crippen molar-refractivity contribution in [2.75, 3.05) is 23.0 Å². The summed E-state index contributed by atoms with van der Waals surface area (Å²) in [6.07, 6.45) is 17.6. The number of amides is 4. The third-order valence-electron chi connectivity index (χ3n) is 17.1. The second-order valence-corrected chi connectivity index (χ2v) is 22.4. The molecule has 86 heavy (non-hydrogen) atoms. The molecular weight excluding hydrogens is 1070 g/mol. The highest BCUT2D eigenvalue weighted by Crippen LogP contribution is 2.56. The maximum atomic E-state index is 14.6. The lowest BCUT2D eigenvalue weighted by atomic mass is 9.68. The molecule has 1 atom stereocenters. The summed E-state index contributed by atoms with van der Waals surface area (Å²) in [7, 11) is 0. The zero-order valence-corrected chi connectivity index (χ0v) is 48.2. The Morgan fingerprint density at radius 2 is 1.08 bits per heavy atom. The van der Waals surface area contributed by atoms with E-state index in [4.69, 9.17) is 31.8 Å². The first-order valence-corrected chi connectivity index (χ1v) is 28.7. The molecule has 9 aromatic rings. The maximum absolute atomic E-state index is 14.6. The average Bonchev–Trinajstić information content (AvgIpc) is 1.57. The smallest absolute Gasteiger partial charge is 0.266 e. The van der Waals surface area contributed by atoms with E-state index in [1.807, 2.05) is 54.6 Å². The van der Waals surface area contributed by atoms with Gasteiger partial charge in [-0.2, -0.15) is 0 Å². The van der Waals surface area contributed by atoms with E-state index >= 15 is 0 Å². The predicted octanol–water partition coefficient (Wildman–Crippen LogP) is 16.9. The van der Waals surface area contributed by atoms with Crippen molar-refractivity contribution < 1.29 is 38.1 Å². The molecule has 1 aliphatic carbocycles. The molecule has 0 aromatic heterocycles. The van der Waals surface area contributed by atoms with Gasteiger partial charge in [-0.1, -0.05) is 156 Å². The first-order valence-electron chi connectivity index (χ1n) is 28.7. The fourth-order valence-electron chi connectivity index (χ4n) is 12.5.